The molecule has 1 aliphatic heterocycles. The Balaban J connectivity index is 1.69. The second-order valence-corrected chi connectivity index (χ2v) is 6.31. The lowest BCUT2D eigenvalue weighted by Crippen LogP contribution is -2.38. The number of carbonyl (C=O) groups is 2. The third-order valence-electron chi connectivity index (χ3n) is 4.30. The Bertz CT molecular complexity index is 824. The van der Waals surface area contributed by atoms with Crippen LogP contribution in [0.5, 0.6) is 17.2 Å². The molecule has 2 aromatic rings. The van der Waals surface area contributed by atoms with Crippen molar-refractivity contribution in [2.75, 3.05) is 25.5 Å². The molecule has 1 heterocycles. The predicted octanol–water partition coefficient (Wildman–Crippen LogP) is 3.23. The van der Waals surface area contributed by atoms with Crippen LogP contribution in [0.25, 0.3) is 0 Å². The molecule has 0 unspecified atom stereocenters. The second kappa shape index (κ2) is 8.44. The van der Waals surface area contributed by atoms with E-state index >= 15 is 0 Å². The molecule has 0 radical (unpaired) electrons. The molecular weight excluding hydrogens is 346 g/mol. The number of anilines is 1. The van der Waals surface area contributed by atoms with Crippen LogP contribution in [0.4, 0.5) is 10.5 Å². The fraction of sp³-hybridized carbons (Fsp3) is 0.300. The van der Waals surface area contributed by atoms with Gasteiger partial charge in [-0.3, -0.25) is 4.79 Å². The Morgan fingerprint density at radius 2 is 1.70 bits per heavy atom. The van der Waals surface area contributed by atoms with Crippen LogP contribution in [0.2, 0.25) is 0 Å². The van der Waals surface area contributed by atoms with Crippen molar-refractivity contribution in [2.45, 2.75) is 19.4 Å². The van der Waals surface area contributed by atoms with Crippen LogP contribution in [0.1, 0.15) is 13.3 Å². The van der Waals surface area contributed by atoms with E-state index in [1.54, 1.807) is 30.2 Å². The SMILES string of the molecule is COc1ccccc1Oc1ccccc1NC(=O)N1CC[C@H](NC(C)=O)C1. The van der Waals surface area contributed by atoms with E-state index in [9.17, 15) is 9.59 Å². The van der Waals surface area contributed by atoms with Crippen molar-refractivity contribution in [3.8, 4) is 17.2 Å². The van der Waals surface area contributed by atoms with Gasteiger partial charge in [0, 0.05) is 26.1 Å². The number of hydrogen-bond acceptors (Lipinski definition) is 4. The lowest BCUT2D eigenvalue weighted by molar-refractivity contribution is -0.119. The summed E-state index contributed by atoms with van der Waals surface area (Å²) >= 11 is 0. The highest BCUT2D eigenvalue weighted by atomic mass is 16.5. The van der Waals surface area contributed by atoms with Crippen molar-refractivity contribution in [3.63, 3.8) is 0 Å². The minimum Gasteiger partial charge on any atom is -0.493 e. The van der Waals surface area contributed by atoms with Gasteiger partial charge in [-0.25, -0.2) is 4.79 Å². The van der Waals surface area contributed by atoms with Crippen molar-refractivity contribution in [1.82, 2.24) is 10.2 Å². The molecule has 0 saturated carbocycles. The zero-order valence-corrected chi connectivity index (χ0v) is 15.4. The summed E-state index contributed by atoms with van der Waals surface area (Å²) in [5.41, 5.74) is 0.566. The van der Waals surface area contributed by atoms with E-state index < -0.39 is 0 Å². The number of amides is 3. The maximum Gasteiger partial charge on any atom is 0.322 e. The molecule has 27 heavy (non-hydrogen) atoms. The summed E-state index contributed by atoms with van der Waals surface area (Å²) in [6.45, 7) is 2.56. The first kappa shape index (κ1) is 18.6. The Hall–Kier alpha value is -3.22. The fourth-order valence-electron chi connectivity index (χ4n) is 3.02. The molecule has 3 rings (SSSR count). The number of nitrogens with one attached hydrogen (secondary N) is 2. The molecule has 3 amide bonds. The molecule has 142 valence electrons. The Morgan fingerprint density at radius 1 is 1.04 bits per heavy atom. The average Bonchev–Trinajstić information content (AvgIpc) is 3.11. The number of benzene rings is 2. The van der Waals surface area contributed by atoms with Gasteiger partial charge in [0.05, 0.1) is 12.8 Å². The second-order valence-electron chi connectivity index (χ2n) is 6.31. The minimum atomic E-state index is -0.223. The summed E-state index contributed by atoms with van der Waals surface area (Å²) in [7, 11) is 1.58. The first-order valence-electron chi connectivity index (χ1n) is 8.79. The van der Waals surface area contributed by atoms with Gasteiger partial charge < -0.3 is 25.0 Å². The molecule has 2 N–H and O–H groups in total. The Labute approximate surface area is 158 Å². The highest BCUT2D eigenvalue weighted by Gasteiger charge is 2.27. The molecule has 1 fully saturated rings. The molecule has 1 saturated heterocycles. The predicted molar refractivity (Wildman–Crippen MR) is 102 cm³/mol. The van der Waals surface area contributed by atoms with Crippen LogP contribution >= 0.6 is 0 Å². The van der Waals surface area contributed by atoms with Crippen LogP contribution in [0.15, 0.2) is 48.5 Å². The zero-order chi connectivity index (χ0) is 19.2. The normalized spacial score (nSPS) is 15.9. The van der Waals surface area contributed by atoms with Gasteiger partial charge in [-0.2, -0.15) is 0 Å². The maximum atomic E-state index is 12.6. The summed E-state index contributed by atoms with van der Waals surface area (Å²) in [5.74, 6) is 1.61. The molecule has 0 bridgehead atoms. The van der Waals surface area contributed by atoms with E-state index in [4.69, 9.17) is 9.47 Å². The molecule has 1 atom stereocenters. The summed E-state index contributed by atoms with van der Waals surface area (Å²) in [5, 5.41) is 5.74. The smallest absolute Gasteiger partial charge is 0.322 e. The number of para-hydroxylation sites is 4. The lowest BCUT2D eigenvalue weighted by atomic mass is 10.2. The van der Waals surface area contributed by atoms with Gasteiger partial charge in [0.25, 0.3) is 0 Å². The van der Waals surface area contributed by atoms with Crippen molar-refractivity contribution in [1.29, 1.82) is 0 Å². The third-order valence-corrected chi connectivity index (χ3v) is 4.30. The minimum absolute atomic E-state index is 0.00618. The quantitative estimate of drug-likeness (QED) is 0.848. The molecule has 7 nitrogen and oxygen atoms in total. The van der Waals surface area contributed by atoms with Crippen molar-refractivity contribution >= 4 is 17.6 Å². The van der Waals surface area contributed by atoms with Gasteiger partial charge in [0.2, 0.25) is 5.91 Å². The summed E-state index contributed by atoms with van der Waals surface area (Å²) in [6.07, 6.45) is 0.742. The number of hydrogen-bond donors (Lipinski definition) is 2. The molecular formula is C20H23N3O4. The van der Waals surface area contributed by atoms with Crippen molar-refractivity contribution in [3.05, 3.63) is 48.5 Å². The van der Waals surface area contributed by atoms with E-state index in [2.05, 4.69) is 10.6 Å². The molecule has 2 aromatic carbocycles. The van der Waals surface area contributed by atoms with Gasteiger partial charge in [-0.05, 0) is 30.7 Å². The third kappa shape index (κ3) is 4.69. The highest BCUT2D eigenvalue weighted by Crippen LogP contribution is 2.34. The number of methoxy groups -OCH3 is 1. The average molecular weight is 369 g/mol. The van der Waals surface area contributed by atoms with Crippen LogP contribution in [-0.4, -0.2) is 43.1 Å². The maximum absolute atomic E-state index is 12.6. The number of urea groups is 1. The lowest BCUT2D eigenvalue weighted by Gasteiger charge is -2.19. The number of carbonyl (C=O) groups excluding carboxylic acids is 2. The highest BCUT2D eigenvalue weighted by molar-refractivity contribution is 5.91. The van der Waals surface area contributed by atoms with Gasteiger partial charge in [-0.15, -0.1) is 0 Å². The molecule has 0 aromatic heterocycles. The van der Waals surface area contributed by atoms with Gasteiger partial charge in [0.1, 0.15) is 0 Å². The number of ether oxygens (including phenoxy) is 2. The Kier molecular flexibility index (Phi) is 5.80. The zero-order valence-electron chi connectivity index (χ0n) is 15.4. The summed E-state index contributed by atoms with van der Waals surface area (Å²) in [6, 6.07) is 14.3. The molecule has 0 spiro atoms. The van der Waals surface area contributed by atoms with E-state index in [0.717, 1.165) is 6.42 Å². The largest absolute Gasteiger partial charge is 0.493 e. The molecule has 1 aliphatic rings. The van der Waals surface area contributed by atoms with Gasteiger partial charge in [-0.1, -0.05) is 24.3 Å². The van der Waals surface area contributed by atoms with Crippen LogP contribution in [0, 0.1) is 0 Å². The van der Waals surface area contributed by atoms with E-state index in [-0.39, 0.29) is 18.0 Å². The van der Waals surface area contributed by atoms with E-state index in [1.807, 2.05) is 30.3 Å². The first-order chi connectivity index (χ1) is 13.1. The Morgan fingerprint density at radius 3 is 2.41 bits per heavy atom. The standard InChI is InChI=1S/C20H23N3O4/c1-14(24)21-15-11-12-23(13-15)20(25)22-16-7-3-4-8-17(16)27-19-10-6-5-9-18(19)26-2/h3-10,15H,11-13H2,1-2H3,(H,21,24)(H,22,25)/t15-/m0/s1. The van der Waals surface area contributed by atoms with Gasteiger partial charge >= 0.3 is 6.03 Å². The van der Waals surface area contributed by atoms with Crippen LogP contribution in [0.3, 0.4) is 0 Å². The molecule has 0 aliphatic carbocycles. The van der Waals surface area contributed by atoms with E-state index in [1.165, 1.54) is 6.92 Å². The van der Waals surface area contributed by atoms with Crippen molar-refractivity contribution in [2.24, 2.45) is 0 Å². The van der Waals surface area contributed by atoms with Crippen LogP contribution < -0.4 is 20.1 Å². The monoisotopic (exact) mass is 369 g/mol. The summed E-state index contributed by atoms with van der Waals surface area (Å²) < 4.78 is 11.3. The molecule has 7 heteroatoms. The van der Waals surface area contributed by atoms with Crippen LogP contribution in [-0.2, 0) is 4.79 Å². The fourth-order valence-corrected chi connectivity index (χ4v) is 3.02. The van der Waals surface area contributed by atoms with Crippen molar-refractivity contribution < 1.29 is 19.1 Å². The number of rotatable bonds is 5. The number of nitrogens with zero attached hydrogens (tertiary/aromatic N) is 1. The van der Waals surface area contributed by atoms with E-state index in [0.29, 0.717) is 36.0 Å². The van der Waals surface area contributed by atoms with Gasteiger partial charge in [0.15, 0.2) is 17.2 Å². The summed E-state index contributed by atoms with van der Waals surface area (Å²) in [4.78, 5) is 25.5. The topological polar surface area (TPSA) is 79.9 Å². The number of likely N-dealkylation sites (tertiary alicyclic amines) is 1. The first-order valence-corrected chi connectivity index (χ1v) is 8.79.